The van der Waals surface area contributed by atoms with Gasteiger partial charge in [-0.2, -0.15) is 0 Å². The van der Waals surface area contributed by atoms with Crippen LogP contribution in [0.5, 0.6) is 0 Å². The van der Waals surface area contributed by atoms with Gasteiger partial charge >= 0.3 is 5.97 Å². The summed E-state index contributed by atoms with van der Waals surface area (Å²) in [6.07, 6.45) is 4.14. The zero-order chi connectivity index (χ0) is 11.0. The fourth-order valence-electron chi connectivity index (χ4n) is 1.31. The highest BCUT2D eigenvalue weighted by Crippen LogP contribution is 2.14. The zero-order valence-corrected chi connectivity index (χ0v) is 10.0. The normalized spacial score (nSPS) is 12.9. The first-order valence-corrected chi connectivity index (χ1v) is 5.78. The van der Waals surface area contributed by atoms with Gasteiger partial charge in [0.25, 0.3) is 0 Å². The Labute approximate surface area is 88.0 Å². The van der Waals surface area contributed by atoms with E-state index in [1.165, 1.54) is 0 Å². The van der Waals surface area contributed by atoms with E-state index < -0.39 is 0 Å². The van der Waals surface area contributed by atoms with Crippen molar-refractivity contribution in [3.63, 3.8) is 0 Å². The van der Waals surface area contributed by atoms with E-state index >= 15 is 0 Å². The van der Waals surface area contributed by atoms with E-state index in [4.69, 9.17) is 4.74 Å². The van der Waals surface area contributed by atoms with Gasteiger partial charge in [-0.15, -0.1) is 0 Å². The third-order valence-corrected chi connectivity index (χ3v) is 2.29. The van der Waals surface area contributed by atoms with Crippen molar-refractivity contribution < 1.29 is 9.53 Å². The van der Waals surface area contributed by atoms with Gasteiger partial charge in [-0.05, 0) is 18.8 Å². The summed E-state index contributed by atoms with van der Waals surface area (Å²) in [6.45, 7) is 8.87. The standard InChI is InChI=1S/C12H24O2/c1-5-7-8-11(6-2)12(13)14-9-10(3)4/h10-11H,5-9H2,1-4H3/t11-/m0/s1. The molecule has 2 nitrogen and oxygen atoms in total. The number of carbonyl (C=O) groups excluding carboxylic acids is 1. The lowest BCUT2D eigenvalue weighted by Gasteiger charge is -2.14. The molecule has 0 saturated carbocycles. The van der Waals surface area contributed by atoms with Gasteiger partial charge < -0.3 is 4.74 Å². The third-order valence-electron chi connectivity index (χ3n) is 2.29. The second-order valence-electron chi connectivity index (χ2n) is 4.27. The predicted octanol–water partition coefficient (Wildman–Crippen LogP) is 3.40. The summed E-state index contributed by atoms with van der Waals surface area (Å²) < 4.78 is 5.21. The molecule has 0 aliphatic carbocycles. The van der Waals surface area contributed by atoms with Crippen LogP contribution >= 0.6 is 0 Å². The molecule has 0 bridgehead atoms. The minimum absolute atomic E-state index is 0.00495. The monoisotopic (exact) mass is 200 g/mol. The van der Waals surface area contributed by atoms with Crippen molar-refractivity contribution in [1.29, 1.82) is 0 Å². The second-order valence-corrected chi connectivity index (χ2v) is 4.27. The Balaban J connectivity index is 3.79. The van der Waals surface area contributed by atoms with Crippen molar-refractivity contribution in [2.75, 3.05) is 6.61 Å². The Hall–Kier alpha value is -0.530. The molecule has 0 aromatic rings. The van der Waals surface area contributed by atoms with Crippen LogP contribution in [-0.4, -0.2) is 12.6 Å². The molecule has 0 fully saturated rings. The quantitative estimate of drug-likeness (QED) is 0.589. The molecule has 0 unspecified atom stereocenters. The zero-order valence-electron chi connectivity index (χ0n) is 10.0. The lowest BCUT2D eigenvalue weighted by Crippen LogP contribution is -2.19. The van der Waals surface area contributed by atoms with Crippen LogP contribution in [0.2, 0.25) is 0 Å². The van der Waals surface area contributed by atoms with Crippen molar-refractivity contribution >= 4 is 5.97 Å². The topological polar surface area (TPSA) is 26.3 Å². The lowest BCUT2D eigenvalue weighted by molar-refractivity contribution is -0.150. The van der Waals surface area contributed by atoms with Crippen LogP contribution in [-0.2, 0) is 9.53 Å². The molecular formula is C12H24O2. The Morgan fingerprint density at radius 3 is 2.36 bits per heavy atom. The van der Waals surface area contributed by atoms with Crippen LogP contribution in [0.4, 0.5) is 0 Å². The van der Waals surface area contributed by atoms with Gasteiger partial charge in [-0.3, -0.25) is 4.79 Å². The predicted molar refractivity (Wildman–Crippen MR) is 59.1 cm³/mol. The second kappa shape index (κ2) is 7.84. The maximum Gasteiger partial charge on any atom is 0.308 e. The largest absolute Gasteiger partial charge is 0.465 e. The Morgan fingerprint density at radius 2 is 1.93 bits per heavy atom. The number of carbonyl (C=O) groups is 1. The van der Waals surface area contributed by atoms with E-state index in [2.05, 4.69) is 27.7 Å². The first kappa shape index (κ1) is 13.5. The van der Waals surface area contributed by atoms with Gasteiger partial charge in [-0.25, -0.2) is 0 Å². The minimum Gasteiger partial charge on any atom is -0.465 e. The van der Waals surface area contributed by atoms with E-state index in [1.54, 1.807) is 0 Å². The lowest BCUT2D eigenvalue weighted by atomic mass is 10.00. The van der Waals surface area contributed by atoms with Crippen LogP contribution in [0.15, 0.2) is 0 Å². The number of hydrogen-bond acceptors (Lipinski definition) is 2. The molecule has 1 atom stereocenters. The van der Waals surface area contributed by atoms with Crippen LogP contribution in [0, 0.1) is 11.8 Å². The van der Waals surface area contributed by atoms with E-state index in [0.29, 0.717) is 12.5 Å². The van der Waals surface area contributed by atoms with Gasteiger partial charge in [0.15, 0.2) is 0 Å². The molecule has 0 aromatic carbocycles. The molecule has 0 N–H and O–H groups in total. The molecule has 84 valence electrons. The SMILES string of the molecule is CCCC[C@H](CC)C(=O)OCC(C)C. The molecule has 0 heterocycles. The number of hydrogen-bond donors (Lipinski definition) is 0. The maximum atomic E-state index is 11.6. The fraction of sp³-hybridized carbons (Fsp3) is 0.917. The van der Waals surface area contributed by atoms with Crippen molar-refractivity contribution in [3.8, 4) is 0 Å². The average Bonchev–Trinajstić information content (AvgIpc) is 2.16. The summed E-state index contributed by atoms with van der Waals surface area (Å²) in [5.74, 6) is 0.547. The van der Waals surface area contributed by atoms with Gasteiger partial charge in [0.1, 0.15) is 0 Å². The average molecular weight is 200 g/mol. The first-order chi connectivity index (χ1) is 6.61. The first-order valence-electron chi connectivity index (χ1n) is 5.78. The number of unbranched alkanes of at least 4 members (excludes halogenated alkanes) is 1. The fourth-order valence-corrected chi connectivity index (χ4v) is 1.31. The Morgan fingerprint density at radius 1 is 1.29 bits per heavy atom. The molecule has 0 rings (SSSR count). The van der Waals surface area contributed by atoms with Crippen molar-refractivity contribution in [2.24, 2.45) is 11.8 Å². The van der Waals surface area contributed by atoms with Crippen LogP contribution < -0.4 is 0 Å². The minimum atomic E-state index is -0.00495. The smallest absolute Gasteiger partial charge is 0.308 e. The molecule has 0 radical (unpaired) electrons. The van der Waals surface area contributed by atoms with Crippen LogP contribution in [0.25, 0.3) is 0 Å². The number of esters is 1. The van der Waals surface area contributed by atoms with Crippen LogP contribution in [0.1, 0.15) is 53.4 Å². The highest BCUT2D eigenvalue weighted by atomic mass is 16.5. The summed E-state index contributed by atoms with van der Waals surface area (Å²) in [7, 11) is 0. The molecule has 14 heavy (non-hydrogen) atoms. The molecule has 0 aliphatic heterocycles. The van der Waals surface area contributed by atoms with E-state index in [-0.39, 0.29) is 11.9 Å². The van der Waals surface area contributed by atoms with Gasteiger partial charge in [0.2, 0.25) is 0 Å². The number of ether oxygens (including phenoxy) is 1. The summed E-state index contributed by atoms with van der Waals surface area (Å²) in [6, 6.07) is 0. The summed E-state index contributed by atoms with van der Waals surface area (Å²) in [5.41, 5.74) is 0. The van der Waals surface area contributed by atoms with E-state index in [1.807, 2.05) is 0 Å². The molecular weight excluding hydrogens is 176 g/mol. The van der Waals surface area contributed by atoms with Crippen molar-refractivity contribution in [2.45, 2.75) is 53.4 Å². The summed E-state index contributed by atoms with van der Waals surface area (Å²) in [5, 5.41) is 0. The van der Waals surface area contributed by atoms with Crippen molar-refractivity contribution in [3.05, 3.63) is 0 Å². The molecule has 0 aromatic heterocycles. The van der Waals surface area contributed by atoms with E-state index in [9.17, 15) is 4.79 Å². The van der Waals surface area contributed by atoms with Crippen LogP contribution in [0.3, 0.4) is 0 Å². The highest BCUT2D eigenvalue weighted by molar-refractivity contribution is 5.72. The van der Waals surface area contributed by atoms with Gasteiger partial charge in [0.05, 0.1) is 12.5 Å². The molecule has 0 amide bonds. The summed E-state index contributed by atoms with van der Waals surface area (Å²) >= 11 is 0. The highest BCUT2D eigenvalue weighted by Gasteiger charge is 2.17. The number of rotatable bonds is 7. The molecule has 2 heteroatoms. The Kier molecular flexibility index (Phi) is 7.54. The van der Waals surface area contributed by atoms with E-state index in [0.717, 1.165) is 25.7 Å². The molecule has 0 saturated heterocycles. The maximum absolute atomic E-state index is 11.6. The third kappa shape index (κ3) is 6.01. The molecule has 0 aliphatic rings. The van der Waals surface area contributed by atoms with Gasteiger partial charge in [0, 0.05) is 0 Å². The summed E-state index contributed by atoms with van der Waals surface area (Å²) in [4.78, 5) is 11.6. The van der Waals surface area contributed by atoms with Crippen molar-refractivity contribution in [1.82, 2.24) is 0 Å². The van der Waals surface area contributed by atoms with Gasteiger partial charge in [-0.1, -0.05) is 40.5 Å². The Bertz CT molecular complexity index is 152. The molecule has 0 spiro atoms.